The second-order valence-electron chi connectivity index (χ2n) is 10.9. The molecule has 0 aliphatic heterocycles. The van der Waals surface area contributed by atoms with Gasteiger partial charge in [-0.25, -0.2) is 8.42 Å². The molecule has 1 atom stereocenters. The van der Waals surface area contributed by atoms with Crippen LogP contribution in [-0.4, -0.2) is 44.3 Å². The Hall–Kier alpha value is -3.56. The second-order valence-corrected chi connectivity index (χ2v) is 14.0. The molecule has 11 heteroatoms. The van der Waals surface area contributed by atoms with E-state index >= 15 is 0 Å². The summed E-state index contributed by atoms with van der Waals surface area (Å²) >= 11 is 19.3. The number of nitrogens with zero attached hydrogens (tertiary/aromatic N) is 2. The number of unbranched alkanes of at least 4 members (excludes halogenated alkanes) is 1. The minimum atomic E-state index is -4.27. The molecule has 4 rings (SSSR count). The van der Waals surface area contributed by atoms with Crippen LogP contribution in [0.4, 0.5) is 5.69 Å². The highest BCUT2D eigenvalue weighted by Gasteiger charge is 2.35. The second kappa shape index (κ2) is 16.3. The third kappa shape index (κ3) is 9.04. The van der Waals surface area contributed by atoms with Gasteiger partial charge in [-0.05, 0) is 60.9 Å². The SMILES string of the molecule is CCCCNC(=O)[C@H](Cc1ccccc1)N(Cc1ccc(Cl)cc1Cl)C(=O)CN(c1ccccc1Cl)S(=O)(=O)c1ccc(C)cc1. The van der Waals surface area contributed by atoms with Crippen molar-refractivity contribution in [2.75, 3.05) is 17.4 Å². The number of hydrogen-bond acceptors (Lipinski definition) is 4. The number of halogens is 3. The predicted octanol–water partition coefficient (Wildman–Crippen LogP) is 7.71. The lowest BCUT2D eigenvalue weighted by Crippen LogP contribution is -2.53. The van der Waals surface area contributed by atoms with Gasteiger partial charge in [0.15, 0.2) is 0 Å². The van der Waals surface area contributed by atoms with Crippen molar-refractivity contribution in [3.05, 3.63) is 129 Å². The van der Waals surface area contributed by atoms with E-state index in [2.05, 4.69) is 5.32 Å². The van der Waals surface area contributed by atoms with E-state index < -0.39 is 28.5 Å². The molecular weight excluding hydrogens is 665 g/mol. The summed E-state index contributed by atoms with van der Waals surface area (Å²) in [5, 5.41) is 3.84. The van der Waals surface area contributed by atoms with Gasteiger partial charge in [0.05, 0.1) is 15.6 Å². The molecular formula is C35H36Cl3N3O4S. The summed E-state index contributed by atoms with van der Waals surface area (Å²) in [5.41, 5.74) is 2.38. The molecule has 0 spiro atoms. The maximum absolute atomic E-state index is 14.5. The van der Waals surface area contributed by atoms with E-state index in [1.165, 1.54) is 17.0 Å². The van der Waals surface area contributed by atoms with Gasteiger partial charge in [0.1, 0.15) is 12.6 Å². The van der Waals surface area contributed by atoms with E-state index in [1.54, 1.807) is 54.6 Å². The van der Waals surface area contributed by atoms with Gasteiger partial charge in [-0.2, -0.15) is 0 Å². The summed E-state index contributed by atoms with van der Waals surface area (Å²) < 4.78 is 29.3. The van der Waals surface area contributed by atoms with Crippen molar-refractivity contribution < 1.29 is 18.0 Å². The molecule has 0 aromatic heterocycles. The molecule has 4 aromatic carbocycles. The first-order valence-corrected chi connectivity index (χ1v) is 17.5. The number of anilines is 1. The van der Waals surface area contributed by atoms with Crippen molar-refractivity contribution in [1.82, 2.24) is 10.2 Å². The van der Waals surface area contributed by atoms with Crippen LogP contribution in [0.3, 0.4) is 0 Å². The molecule has 0 unspecified atom stereocenters. The molecule has 4 aromatic rings. The van der Waals surface area contributed by atoms with Crippen molar-refractivity contribution in [3.63, 3.8) is 0 Å². The Morgan fingerprint density at radius 2 is 1.52 bits per heavy atom. The zero-order valence-electron chi connectivity index (χ0n) is 25.6. The number of nitrogens with one attached hydrogen (secondary N) is 1. The summed E-state index contributed by atoms with van der Waals surface area (Å²) in [6.45, 7) is 3.60. The van der Waals surface area contributed by atoms with Crippen molar-refractivity contribution >= 4 is 62.3 Å². The summed E-state index contributed by atoms with van der Waals surface area (Å²) in [5.74, 6) is -0.977. The van der Waals surface area contributed by atoms with Crippen LogP contribution in [0.15, 0.2) is 102 Å². The smallest absolute Gasteiger partial charge is 0.264 e. The maximum atomic E-state index is 14.5. The topological polar surface area (TPSA) is 86.8 Å². The van der Waals surface area contributed by atoms with Crippen molar-refractivity contribution in [3.8, 4) is 0 Å². The van der Waals surface area contributed by atoms with Gasteiger partial charge in [-0.15, -0.1) is 0 Å². The Morgan fingerprint density at radius 1 is 0.848 bits per heavy atom. The number of hydrogen-bond donors (Lipinski definition) is 1. The third-order valence-corrected chi connectivity index (χ3v) is 10.1. The standard InChI is InChI=1S/C35H36Cl3N3O4S/c1-3-4-20-39-35(43)33(21-26-10-6-5-7-11-26)40(23-27-16-17-28(36)22-31(27)38)34(42)24-41(32-13-9-8-12-30(32)37)46(44,45)29-18-14-25(2)15-19-29/h5-19,22,33H,3-4,20-21,23-24H2,1-2H3,(H,39,43)/t33-/m0/s1. The van der Waals surface area contributed by atoms with Crippen LogP contribution >= 0.6 is 34.8 Å². The number of benzene rings is 4. The van der Waals surface area contributed by atoms with Crippen molar-refractivity contribution in [2.24, 2.45) is 0 Å². The van der Waals surface area contributed by atoms with E-state index in [1.807, 2.05) is 44.2 Å². The molecule has 0 aliphatic rings. The molecule has 0 saturated heterocycles. The zero-order valence-corrected chi connectivity index (χ0v) is 28.7. The van der Waals surface area contributed by atoms with E-state index in [0.29, 0.717) is 22.2 Å². The quantitative estimate of drug-likeness (QED) is 0.137. The Labute approximate surface area is 286 Å². The highest BCUT2D eigenvalue weighted by atomic mass is 35.5. The van der Waals surface area contributed by atoms with Crippen LogP contribution in [0.25, 0.3) is 0 Å². The Morgan fingerprint density at radius 3 is 2.17 bits per heavy atom. The number of aryl methyl sites for hydroxylation is 1. The van der Waals surface area contributed by atoms with Crippen LogP contribution in [0.2, 0.25) is 15.1 Å². The Balaban J connectivity index is 1.82. The predicted molar refractivity (Wildman–Crippen MR) is 186 cm³/mol. The van der Waals surface area contributed by atoms with Gasteiger partial charge in [0, 0.05) is 29.6 Å². The number of sulfonamides is 1. The van der Waals surface area contributed by atoms with E-state index in [9.17, 15) is 18.0 Å². The van der Waals surface area contributed by atoms with Gasteiger partial charge in [0.2, 0.25) is 11.8 Å². The van der Waals surface area contributed by atoms with Crippen LogP contribution in [0.5, 0.6) is 0 Å². The van der Waals surface area contributed by atoms with Crippen LogP contribution < -0.4 is 9.62 Å². The average molecular weight is 701 g/mol. The fourth-order valence-electron chi connectivity index (χ4n) is 4.90. The molecule has 0 fully saturated rings. The molecule has 242 valence electrons. The zero-order chi connectivity index (χ0) is 33.3. The van der Waals surface area contributed by atoms with Gasteiger partial charge in [-0.3, -0.25) is 13.9 Å². The molecule has 0 saturated carbocycles. The minimum Gasteiger partial charge on any atom is -0.354 e. The minimum absolute atomic E-state index is 0.00346. The lowest BCUT2D eigenvalue weighted by atomic mass is 10.0. The molecule has 0 aliphatic carbocycles. The summed E-state index contributed by atoms with van der Waals surface area (Å²) in [6, 6.07) is 26.0. The van der Waals surface area contributed by atoms with E-state index in [4.69, 9.17) is 34.8 Å². The number of para-hydroxylation sites is 1. The molecule has 0 bridgehead atoms. The summed E-state index contributed by atoms with van der Waals surface area (Å²) in [4.78, 5) is 29.8. The Kier molecular flexibility index (Phi) is 12.5. The molecule has 0 heterocycles. The normalized spacial score (nSPS) is 11.9. The average Bonchev–Trinajstić information content (AvgIpc) is 3.03. The fourth-order valence-corrected chi connectivity index (χ4v) is 7.09. The number of amides is 2. The molecule has 7 nitrogen and oxygen atoms in total. The lowest BCUT2D eigenvalue weighted by Gasteiger charge is -2.34. The molecule has 46 heavy (non-hydrogen) atoms. The van der Waals surface area contributed by atoms with Crippen LogP contribution in [0.1, 0.15) is 36.5 Å². The number of carbonyl (C=O) groups is 2. The van der Waals surface area contributed by atoms with Gasteiger partial charge < -0.3 is 10.2 Å². The van der Waals surface area contributed by atoms with Crippen molar-refractivity contribution in [1.29, 1.82) is 0 Å². The first-order valence-electron chi connectivity index (χ1n) is 14.9. The third-order valence-electron chi connectivity index (χ3n) is 7.47. The first-order chi connectivity index (χ1) is 22.0. The van der Waals surface area contributed by atoms with Crippen LogP contribution in [-0.2, 0) is 32.6 Å². The highest BCUT2D eigenvalue weighted by molar-refractivity contribution is 7.92. The summed E-state index contributed by atoms with van der Waals surface area (Å²) in [6.07, 6.45) is 1.82. The first kappa shape index (κ1) is 35.3. The fraction of sp³-hybridized carbons (Fsp3) is 0.257. The van der Waals surface area contributed by atoms with Gasteiger partial charge in [0.25, 0.3) is 10.0 Å². The molecule has 0 radical (unpaired) electrons. The largest absolute Gasteiger partial charge is 0.354 e. The maximum Gasteiger partial charge on any atom is 0.264 e. The highest BCUT2D eigenvalue weighted by Crippen LogP contribution is 2.31. The summed E-state index contributed by atoms with van der Waals surface area (Å²) in [7, 11) is -4.27. The number of carbonyl (C=O) groups excluding carboxylic acids is 2. The lowest BCUT2D eigenvalue weighted by molar-refractivity contribution is -0.140. The monoisotopic (exact) mass is 699 g/mol. The number of rotatable bonds is 14. The van der Waals surface area contributed by atoms with Crippen LogP contribution in [0, 0.1) is 6.92 Å². The van der Waals surface area contributed by atoms with Gasteiger partial charge >= 0.3 is 0 Å². The molecule has 1 N–H and O–H groups in total. The van der Waals surface area contributed by atoms with Crippen molar-refractivity contribution in [2.45, 2.75) is 50.6 Å². The van der Waals surface area contributed by atoms with Gasteiger partial charge in [-0.1, -0.05) is 114 Å². The van der Waals surface area contributed by atoms with E-state index in [0.717, 1.165) is 28.3 Å². The molecule has 2 amide bonds. The Bertz CT molecular complexity index is 1750. The van der Waals surface area contributed by atoms with E-state index in [-0.39, 0.29) is 34.5 Å².